The Labute approximate surface area is 121 Å². The lowest BCUT2D eigenvalue weighted by Crippen LogP contribution is -2.11. The van der Waals surface area contributed by atoms with E-state index in [9.17, 15) is 18.0 Å². The molecule has 5 N–H and O–H groups in total. The predicted molar refractivity (Wildman–Crippen MR) is 72.7 cm³/mol. The number of hydrogen-bond donors (Lipinski definition) is 3. The molecule has 21 heavy (non-hydrogen) atoms. The first-order valence-corrected chi connectivity index (χ1v) is 6.56. The van der Waals surface area contributed by atoms with Gasteiger partial charge in [0.15, 0.2) is 5.16 Å². The van der Waals surface area contributed by atoms with E-state index in [1.165, 1.54) is 12.1 Å². The minimum absolute atomic E-state index is 0.00138. The van der Waals surface area contributed by atoms with Crippen LogP contribution in [0.1, 0.15) is 11.1 Å². The van der Waals surface area contributed by atoms with Crippen LogP contribution in [-0.2, 0) is 12.7 Å². The summed E-state index contributed by atoms with van der Waals surface area (Å²) in [5.74, 6) is -0.0617. The summed E-state index contributed by atoms with van der Waals surface area (Å²) in [6.45, 7) is 0.00138. The van der Waals surface area contributed by atoms with Gasteiger partial charge in [-0.25, -0.2) is 4.98 Å². The van der Waals surface area contributed by atoms with Crippen molar-refractivity contribution in [3.63, 3.8) is 0 Å². The van der Waals surface area contributed by atoms with E-state index in [4.69, 9.17) is 11.5 Å². The van der Waals surface area contributed by atoms with Gasteiger partial charge in [0, 0.05) is 17.5 Å². The Hall–Kier alpha value is -2.00. The summed E-state index contributed by atoms with van der Waals surface area (Å²) in [6, 6.07) is 4.81. The zero-order valence-corrected chi connectivity index (χ0v) is 11.4. The first-order valence-electron chi connectivity index (χ1n) is 5.74. The molecular weight excluding hydrogens is 305 g/mol. The molecule has 0 aliphatic rings. The van der Waals surface area contributed by atoms with E-state index in [1.54, 1.807) is 0 Å². The van der Waals surface area contributed by atoms with Crippen LogP contribution in [0.25, 0.3) is 0 Å². The topological polar surface area (TPSA) is 97.8 Å². The van der Waals surface area contributed by atoms with Crippen LogP contribution in [0.15, 0.2) is 39.1 Å². The van der Waals surface area contributed by atoms with Crippen molar-refractivity contribution in [1.29, 1.82) is 0 Å². The number of H-pyrrole nitrogens is 1. The third kappa shape index (κ3) is 3.76. The molecule has 0 unspecified atom stereocenters. The molecule has 5 nitrogen and oxygen atoms in total. The number of halogens is 3. The van der Waals surface area contributed by atoms with Gasteiger partial charge in [-0.1, -0.05) is 17.8 Å². The highest BCUT2D eigenvalue weighted by Gasteiger charge is 2.34. The third-order valence-corrected chi connectivity index (χ3v) is 3.49. The third-order valence-electron chi connectivity index (χ3n) is 2.53. The van der Waals surface area contributed by atoms with Crippen molar-refractivity contribution in [1.82, 2.24) is 9.97 Å². The number of nitrogens with one attached hydrogen (secondary N) is 1. The molecule has 0 aliphatic carbocycles. The van der Waals surface area contributed by atoms with Crippen molar-refractivity contribution in [2.45, 2.75) is 22.8 Å². The van der Waals surface area contributed by atoms with Gasteiger partial charge in [-0.2, -0.15) is 13.2 Å². The van der Waals surface area contributed by atoms with Crippen LogP contribution in [-0.4, -0.2) is 9.97 Å². The van der Waals surface area contributed by atoms with Crippen LogP contribution < -0.4 is 17.0 Å². The molecule has 0 fully saturated rings. The minimum atomic E-state index is -4.53. The van der Waals surface area contributed by atoms with Gasteiger partial charge in [-0.05, 0) is 17.7 Å². The average Bonchev–Trinajstić information content (AvgIpc) is 2.36. The van der Waals surface area contributed by atoms with Crippen LogP contribution >= 0.6 is 11.8 Å². The SMILES string of the molecule is NCc1ccc(Sc2nc(N)cc(=O)[nH]2)c(C(F)(F)F)c1. The molecule has 0 radical (unpaired) electrons. The number of anilines is 1. The molecule has 0 saturated carbocycles. The number of aromatic nitrogens is 2. The van der Waals surface area contributed by atoms with Crippen LogP contribution in [0.2, 0.25) is 0 Å². The molecule has 0 bridgehead atoms. The minimum Gasteiger partial charge on any atom is -0.383 e. The number of nitrogens with zero attached hydrogens (tertiary/aromatic N) is 1. The van der Waals surface area contributed by atoms with Gasteiger partial charge in [-0.15, -0.1) is 0 Å². The van der Waals surface area contributed by atoms with Crippen molar-refractivity contribution in [2.24, 2.45) is 5.73 Å². The van der Waals surface area contributed by atoms with Crippen molar-refractivity contribution < 1.29 is 13.2 Å². The van der Waals surface area contributed by atoms with E-state index in [0.29, 0.717) is 17.3 Å². The Morgan fingerprint density at radius 3 is 2.57 bits per heavy atom. The van der Waals surface area contributed by atoms with E-state index in [2.05, 4.69) is 9.97 Å². The second-order valence-electron chi connectivity index (χ2n) is 4.11. The lowest BCUT2D eigenvalue weighted by Gasteiger charge is -2.13. The van der Waals surface area contributed by atoms with Crippen LogP contribution in [0.4, 0.5) is 19.0 Å². The summed E-state index contributed by atoms with van der Waals surface area (Å²) in [7, 11) is 0. The first kappa shape index (κ1) is 15.4. The highest BCUT2D eigenvalue weighted by molar-refractivity contribution is 7.99. The smallest absolute Gasteiger partial charge is 0.383 e. The van der Waals surface area contributed by atoms with Crippen LogP contribution in [0.3, 0.4) is 0 Å². The molecule has 0 aliphatic heterocycles. The molecule has 0 spiro atoms. The lowest BCUT2D eigenvalue weighted by atomic mass is 10.1. The Balaban J connectivity index is 2.46. The first-order chi connectivity index (χ1) is 9.79. The van der Waals surface area contributed by atoms with Crippen molar-refractivity contribution in [3.05, 3.63) is 45.7 Å². The molecular formula is C12H11F3N4OS. The number of aromatic amines is 1. The summed E-state index contributed by atoms with van der Waals surface area (Å²) < 4.78 is 39.2. The van der Waals surface area contributed by atoms with Crippen molar-refractivity contribution in [3.8, 4) is 0 Å². The zero-order valence-electron chi connectivity index (χ0n) is 10.6. The van der Waals surface area contributed by atoms with E-state index < -0.39 is 17.3 Å². The Morgan fingerprint density at radius 2 is 2.00 bits per heavy atom. The van der Waals surface area contributed by atoms with E-state index in [1.807, 2.05) is 0 Å². The molecule has 1 aromatic heterocycles. The maximum absolute atomic E-state index is 13.1. The van der Waals surface area contributed by atoms with Crippen LogP contribution in [0, 0.1) is 0 Å². The molecule has 2 rings (SSSR count). The summed E-state index contributed by atoms with van der Waals surface area (Å²) in [4.78, 5) is 17.3. The number of benzene rings is 1. The molecule has 1 heterocycles. The molecule has 0 saturated heterocycles. The predicted octanol–water partition coefficient (Wildman–Crippen LogP) is 1.98. The molecule has 112 valence electrons. The fourth-order valence-electron chi connectivity index (χ4n) is 1.62. The second-order valence-corrected chi connectivity index (χ2v) is 5.14. The molecule has 1 aromatic carbocycles. The van der Waals surface area contributed by atoms with Crippen molar-refractivity contribution in [2.75, 3.05) is 5.73 Å². The second kappa shape index (κ2) is 5.78. The van der Waals surface area contributed by atoms with Gasteiger partial charge in [0.05, 0.1) is 5.56 Å². The van der Waals surface area contributed by atoms with E-state index in [-0.39, 0.29) is 22.4 Å². The highest BCUT2D eigenvalue weighted by Crippen LogP contribution is 2.39. The van der Waals surface area contributed by atoms with Gasteiger partial charge < -0.3 is 16.5 Å². The fourth-order valence-corrected chi connectivity index (χ4v) is 2.55. The highest BCUT2D eigenvalue weighted by atomic mass is 32.2. The average molecular weight is 316 g/mol. The van der Waals surface area contributed by atoms with Gasteiger partial charge in [0.2, 0.25) is 0 Å². The lowest BCUT2D eigenvalue weighted by molar-refractivity contribution is -0.139. The van der Waals surface area contributed by atoms with Gasteiger partial charge in [0.1, 0.15) is 5.82 Å². The van der Waals surface area contributed by atoms with Gasteiger partial charge in [-0.3, -0.25) is 4.79 Å². The maximum atomic E-state index is 13.1. The number of nitrogen functional groups attached to an aromatic ring is 1. The Bertz CT molecular complexity index is 714. The molecule has 9 heteroatoms. The zero-order chi connectivity index (χ0) is 15.6. The normalized spacial score (nSPS) is 11.6. The summed E-state index contributed by atoms with van der Waals surface area (Å²) in [5.41, 5.74) is 9.75. The van der Waals surface area contributed by atoms with Gasteiger partial charge >= 0.3 is 6.18 Å². The monoisotopic (exact) mass is 316 g/mol. The summed E-state index contributed by atoms with van der Waals surface area (Å²) in [6.07, 6.45) is -4.53. The molecule has 0 amide bonds. The Morgan fingerprint density at radius 1 is 1.29 bits per heavy atom. The molecule has 0 atom stereocenters. The van der Waals surface area contributed by atoms with Crippen molar-refractivity contribution >= 4 is 17.6 Å². The molecule has 2 aromatic rings. The quantitative estimate of drug-likeness (QED) is 0.752. The standard InChI is InChI=1S/C12H11F3N4OS/c13-12(14,15)7-3-6(5-16)1-2-8(7)21-11-18-9(17)4-10(20)19-11/h1-4H,5,16H2,(H3,17,18,19,20). The van der Waals surface area contributed by atoms with Crippen LogP contribution in [0.5, 0.6) is 0 Å². The summed E-state index contributed by atoms with van der Waals surface area (Å²) in [5, 5.41) is -0.00833. The number of rotatable bonds is 3. The Kier molecular flexibility index (Phi) is 4.24. The number of nitrogens with two attached hydrogens (primary N) is 2. The van der Waals surface area contributed by atoms with Gasteiger partial charge in [0.25, 0.3) is 5.56 Å². The maximum Gasteiger partial charge on any atom is 0.417 e. The number of alkyl halides is 3. The van der Waals surface area contributed by atoms with E-state index >= 15 is 0 Å². The fraction of sp³-hybridized carbons (Fsp3) is 0.167. The summed E-state index contributed by atoms with van der Waals surface area (Å²) >= 11 is 0.681. The number of hydrogen-bond acceptors (Lipinski definition) is 5. The largest absolute Gasteiger partial charge is 0.417 e. The van der Waals surface area contributed by atoms with E-state index in [0.717, 1.165) is 12.1 Å².